The highest BCUT2D eigenvalue weighted by Crippen LogP contribution is 2.29. The molecular formula is C10H9ClF3N3O. The van der Waals surface area contributed by atoms with Crippen LogP contribution in [0.25, 0.3) is 11.4 Å². The molecule has 0 spiro atoms. The van der Waals surface area contributed by atoms with E-state index in [1.54, 1.807) is 0 Å². The van der Waals surface area contributed by atoms with Crippen LogP contribution in [0, 0.1) is 0 Å². The monoisotopic (exact) mass is 279 g/mol. The minimum absolute atomic E-state index is 0.184. The molecule has 0 saturated heterocycles. The van der Waals surface area contributed by atoms with Gasteiger partial charge < -0.3 is 4.52 Å². The zero-order valence-corrected chi connectivity index (χ0v) is 10.2. The minimum atomic E-state index is -4.65. The molecule has 0 N–H and O–H groups in total. The van der Waals surface area contributed by atoms with Crippen LogP contribution in [0.4, 0.5) is 13.2 Å². The van der Waals surface area contributed by atoms with Crippen molar-refractivity contribution in [1.82, 2.24) is 15.1 Å². The van der Waals surface area contributed by atoms with E-state index in [0.717, 1.165) is 0 Å². The normalized spacial score (nSPS) is 10.8. The number of pyridine rings is 1. The summed E-state index contributed by atoms with van der Waals surface area (Å²) in [5.41, 5.74) is 0.295. The summed E-state index contributed by atoms with van der Waals surface area (Å²) in [5, 5.41) is 3.42. The molecule has 0 amide bonds. The SMILES string of the molecule is CC.FC(F)(F)c1nc(-c2ccc(Cl)nc2)no1. The van der Waals surface area contributed by atoms with Gasteiger partial charge in [-0.05, 0) is 12.1 Å². The molecule has 2 aromatic rings. The summed E-state index contributed by atoms with van der Waals surface area (Å²) < 4.78 is 40.5. The number of alkyl halides is 3. The Morgan fingerprint density at radius 2 is 1.89 bits per heavy atom. The molecule has 98 valence electrons. The van der Waals surface area contributed by atoms with Crippen molar-refractivity contribution in [1.29, 1.82) is 0 Å². The van der Waals surface area contributed by atoms with Gasteiger partial charge in [0.1, 0.15) is 5.15 Å². The lowest BCUT2D eigenvalue weighted by atomic mass is 10.3. The molecule has 0 aliphatic rings. The second-order valence-corrected chi connectivity index (χ2v) is 3.18. The van der Waals surface area contributed by atoms with Crippen LogP contribution >= 0.6 is 11.6 Å². The van der Waals surface area contributed by atoms with Gasteiger partial charge in [0.05, 0.1) is 0 Å². The van der Waals surface area contributed by atoms with E-state index in [-0.39, 0.29) is 11.0 Å². The molecular weight excluding hydrogens is 271 g/mol. The first-order chi connectivity index (χ1) is 8.47. The average molecular weight is 280 g/mol. The highest BCUT2D eigenvalue weighted by atomic mass is 35.5. The van der Waals surface area contributed by atoms with Gasteiger partial charge in [-0.1, -0.05) is 30.6 Å². The van der Waals surface area contributed by atoms with Crippen LogP contribution in [0.2, 0.25) is 5.15 Å². The molecule has 18 heavy (non-hydrogen) atoms. The third-order valence-electron chi connectivity index (χ3n) is 1.65. The molecule has 0 aliphatic carbocycles. The fourth-order valence-electron chi connectivity index (χ4n) is 0.964. The van der Waals surface area contributed by atoms with Crippen molar-refractivity contribution in [2.45, 2.75) is 20.0 Å². The van der Waals surface area contributed by atoms with Gasteiger partial charge in [0.15, 0.2) is 0 Å². The fraction of sp³-hybridized carbons (Fsp3) is 0.300. The van der Waals surface area contributed by atoms with Crippen molar-refractivity contribution in [2.75, 3.05) is 0 Å². The van der Waals surface area contributed by atoms with Crippen molar-refractivity contribution in [3.05, 3.63) is 29.4 Å². The highest BCUT2D eigenvalue weighted by Gasteiger charge is 2.38. The predicted octanol–water partition coefficient (Wildman–Crippen LogP) is 3.83. The maximum absolute atomic E-state index is 12.1. The molecule has 0 bridgehead atoms. The standard InChI is InChI=1S/C8H3ClF3N3O.C2H6/c9-5-2-1-4(3-13-5)6-14-7(16-15-6)8(10,11)12;1-2/h1-3H;1-2H3. The van der Waals surface area contributed by atoms with E-state index >= 15 is 0 Å². The molecule has 2 aromatic heterocycles. The van der Waals surface area contributed by atoms with Gasteiger partial charge in [-0.15, -0.1) is 0 Å². The lowest BCUT2D eigenvalue weighted by molar-refractivity contribution is -0.159. The van der Waals surface area contributed by atoms with Gasteiger partial charge in [0.25, 0.3) is 0 Å². The topological polar surface area (TPSA) is 51.8 Å². The van der Waals surface area contributed by atoms with Gasteiger partial charge in [0.2, 0.25) is 5.82 Å². The third-order valence-corrected chi connectivity index (χ3v) is 1.88. The molecule has 4 nitrogen and oxygen atoms in total. The summed E-state index contributed by atoms with van der Waals surface area (Å²) in [6, 6.07) is 2.86. The molecule has 0 unspecified atom stereocenters. The second kappa shape index (κ2) is 5.81. The summed E-state index contributed by atoms with van der Waals surface area (Å²) in [5.74, 6) is -1.58. The smallest absolute Gasteiger partial charge is 0.329 e. The Kier molecular flexibility index (Phi) is 4.66. The molecule has 0 atom stereocenters. The van der Waals surface area contributed by atoms with Crippen LogP contribution < -0.4 is 0 Å². The van der Waals surface area contributed by atoms with Crippen molar-refractivity contribution < 1.29 is 17.7 Å². The van der Waals surface area contributed by atoms with E-state index < -0.39 is 12.1 Å². The number of rotatable bonds is 1. The first kappa shape index (κ1) is 14.4. The molecule has 0 aromatic carbocycles. The van der Waals surface area contributed by atoms with Crippen LogP contribution in [0.15, 0.2) is 22.9 Å². The molecule has 0 saturated carbocycles. The van der Waals surface area contributed by atoms with E-state index in [9.17, 15) is 13.2 Å². The van der Waals surface area contributed by atoms with E-state index in [2.05, 4.69) is 19.6 Å². The summed E-state index contributed by atoms with van der Waals surface area (Å²) in [6.07, 6.45) is -3.39. The Bertz CT molecular complexity index is 496. The van der Waals surface area contributed by atoms with Crippen molar-refractivity contribution >= 4 is 11.6 Å². The Morgan fingerprint density at radius 1 is 1.22 bits per heavy atom. The van der Waals surface area contributed by atoms with Crippen LogP contribution in [-0.4, -0.2) is 15.1 Å². The summed E-state index contributed by atoms with van der Waals surface area (Å²) in [6.45, 7) is 4.00. The number of halogens is 4. The minimum Gasteiger partial charge on any atom is -0.329 e. The molecule has 0 fully saturated rings. The summed E-state index contributed by atoms with van der Waals surface area (Å²) in [7, 11) is 0. The van der Waals surface area contributed by atoms with Crippen molar-refractivity contribution in [3.63, 3.8) is 0 Å². The number of hydrogen-bond donors (Lipinski definition) is 0. The third kappa shape index (κ3) is 3.43. The molecule has 8 heteroatoms. The van der Waals surface area contributed by atoms with Crippen LogP contribution in [0.3, 0.4) is 0 Å². The van der Waals surface area contributed by atoms with Gasteiger partial charge in [-0.25, -0.2) is 4.98 Å². The molecule has 0 radical (unpaired) electrons. The highest BCUT2D eigenvalue weighted by molar-refractivity contribution is 6.29. The number of aromatic nitrogens is 3. The first-order valence-corrected chi connectivity index (χ1v) is 5.37. The largest absolute Gasteiger partial charge is 0.471 e. The Morgan fingerprint density at radius 3 is 2.33 bits per heavy atom. The summed E-state index contributed by atoms with van der Waals surface area (Å²) in [4.78, 5) is 6.89. The van der Waals surface area contributed by atoms with Crippen molar-refractivity contribution in [2.24, 2.45) is 0 Å². The van der Waals surface area contributed by atoms with Gasteiger partial charge in [-0.2, -0.15) is 18.2 Å². The van der Waals surface area contributed by atoms with E-state index in [1.165, 1.54) is 18.3 Å². The lowest BCUT2D eigenvalue weighted by Crippen LogP contribution is -2.04. The average Bonchev–Trinajstić information content (AvgIpc) is 2.82. The summed E-state index contributed by atoms with van der Waals surface area (Å²) >= 11 is 5.52. The second-order valence-electron chi connectivity index (χ2n) is 2.79. The van der Waals surface area contributed by atoms with Crippen molar-refractivity contribution in [3.8, 4) is 11.4 Å². The number of nitrogens with zero attached hydrogens (tertiary/aromatic N) is 3. The maximum Gasteiger partial charge on any atom is 0.471 e. The van der Waals surface area contributed by atoms with Crippen LogP contribution in [0.5, 0.6) is 0 Å². The van der Waals surface area contributed by atoms with Gasteiger partial charge in [-0.3, -0.25) is 0 Å². The fourth-order valence-corrected chi connectivity index (χ4v) is 1.08. The zero-order valence-electron chi connectivity index (χ0n) is 9.49. The van der Waals surface area contributed by atoms with E-state index in [1.807, 2.05) is 13.8 Å². The maximum atomic E-state index is 12.1. The Hall–Kier alpha value is -1.63. The van der Waals surface area contributed by atoms with E-state index in [4.69, 9.17) is 11.6 Å². The predicted molar refractivity (Wildman–Crippen MR) is 58.9 cm³/mol. The van der Waals surface area contributed by atoms with Crippen LogP contribution in [0.1, 0.15) is 19.7 Å². The van der Waals surface area contributed by atoms with Gasteiger partial charge >= 0.3 is 12.1 Å². The van der Waals surface area contributed by atoms with Gasteiger partial charge in [0, 0.05) is 11.8 Å². The molecule has 2 rings (SSSR count). The number of hydrogen-bond acceptors (Lipinski definition) is 4. The van der Waals surface area contributed by atoms with E-state index in [0.29, 0.717) is 5.56 Å². The Balaban J connectivity index is 0.000000771. The van der Waals surface area contributed by atoms with Crippen LogP contribution in [-0.2, 0) is 6.18 Å². The molecule has 0 aliphatic heterocycles. The Labute approximate surface area is 106 Å². The quantitative estimate of drug-likeness (QED) is 0.745. The zero-order chi connectivity index (χ0) is 13.8. The molecule has 2 heterocycles. The first-order valence-electron chi connectivity index (χ1n) is 4.99. The lowest BCUT2D eigenvalue weighted by Gasteiger charge is -1.96.